The van der Waals surface area contributed by atoms with E-state index < -0.39 is 18.6 Å². The molecule has 180 valence electrons. The molecular formula is C22H24F2N6O3S. The predicted molar refractivity (Wildman–Crippen MR) is 122 cm³/mol. The van der Waals surface area contributed by atoms with Crippen LogP contribution < -0.4 is 15.4 Å². The third kappa shape index (κ3) is 6.20. The molecule has 12 heteroatoms. The van der Waals surface area contributed by atoms with E-state index in [0.717, 1.165) is 31.4 Å². The fourth-order valence-electron chi connectivity index (χ4n) is 3.99. The van der Waals surface area contributed by atoms with Crippen molar-refractivity contribution in [3.63, 3.8) is 0 Å². The first-order valence-electron chi connectivity index (χ1n) is 10.8. The smallest absolute Gasteiger partial charge is 0.387 e. The minimum atomic E-state index is -2.96. The van der Waals surface area contributed by atoms with Crippen molar-refractivity contribution in [3.05, 3.63) is 53.9 Å². The van der Waals surface area contributed by atoms with Crippen LogP contribution in [0.15, 0.2) is 42.6 Å². The molecule has 1 amide bonds. The molecule has 1 atom stereocenters. The largest absolute Gasteiger partial charge is 0.435 e. The van der Waals surface area contributed by atoms with Crippen LogP contribution in [0, 0.1) is 0 Å². The van der Waals surface area contributed by atoms with Gasteiger partial charge in [-0.25, -0.2) is 0 Å². The Bertz CT molecular complexity index is 1080. The molecule has 2 heterocycles. The van der Waals surface area contributed by atoms with Crippen LogP contribution >= 0.6 is 11.3 Å². The van der Waals surface area contributed by atoms with Gasteiger partial charge in [-0.15, -0.1) is 10.2 Å². The monoisotopic (exact) mass is 490 g/mol. The zero-order valence-electron chi connectivity index (χ0n) is 18.4. The molecule has 0 bridgehead atoms. The molecule has 1 fully saturated rings. The Balaban J connectivity index is 1.31. The number of carbonyl (C=O) groups excluding carboxylic acids is 1. The summed E-state index contributed by atoms with van der Waals surface area (Å²) in [7, 11) is 1.36. The van der Waals surface area contributed by atoms with Crippen LogP contribution in [0.2, 0.25) is 0 Å². The van der Waals surface area contributed by atoms with Crippen molar-refractivity contribution < 1.29 is 23.0 Å². The van der Waals surface area contributed by atoms with E-state index in [-0.39, 0.29) is 11.8 Å². The lowest BCUT2D eigenvalue weighted by atomic mass is 9.84. The molecule has 0 spiro atoms. The highest BCUT2D eigenvalue weighted by Gasteiger charge is 2.25. The van der Waals surface area contributed by atoms with Gasteiger partial charge in [-0.1, -0.05) is 23.5 Å². The van der Waals surface area contributed by atoms with Gasteiger partial charge in [-0.05, 0) is 55.5 Å². The van der Waals surface area contributed by atoms with Crippen LogP contribution in [-0.4, -0.2) is 46.1 Å². The van der Waals surface area contributed by atoms with Gasteiger partial charge in [0.1, 0.15) is 5.75 Å². The zero-order valence-corrected chi connectivity index (χ0v) is 19.2. The minimum Gasteiger partial charge on any atom is -0.435 e. The maximum absolute atomic E-state index is 12.7. The second kappa shape index (κ2) is 11.3. The van der Waals surface area contributed by atoms with Crippen molar-refractivity contribution in [2.75, 3.05) is 17.7 Å². The van der Waals surface area contributed by atoms with Gasteiger partial charge >= 0.3 is 6.61 Å². The van der Waals surface area contributed by atoms with Crippen molar-refractivity contribution in [1.29, 1.82) is 0 Å². The Morgan fingerprint density at radius 3 is 2.59 bits per heavy atom. The van der Waals surface area contributed by atoms with Gasteiger partial charge in [0.2, 0.25) is 10.3 Å². The summed E-state index contributed by atoms with van der Waals surface area (Å²) in [6, 6.07) is 10.0. The summed E-state index contributed by atoms with van der Waals surface area (Å²) < 4.78 is 34.7. The van der Waals surface area contributed by atoms with E-state index in [1.54, 1.807) is 12.3 Å². The molecule has 0 radical (unpaired) electrons. The molecule has 34 heavy (non-hydrogen) atoms. The predicted octanol–water partition coefficient (Wildman–Crippen LogP) is 4.39. The number of benzene rings is 1. The lowest BCUT2D eigenvalue weighted by Crippen LogP contribution is -2.25. The number of alkyl halides is 2. The molecule has 9 nitrogen and oxygen atoms in total. The average molecular weight is 491 g/mol. The van der Waals surface area contributed by atoms with Crippen LogP contribution in [-0.2, 0) is 9.53 Å². The number of amides is 1. The second-order valence-electron chi connectivity index (χ2n) is 7.81. The summed E-state index contributed by atoms with van der Waals surface area (Å²) >= 11 is 1.22. The van der Waals surface area contributed by atoms with Gasteiger partial charge < -0.3 is 14.8 Å². The second-order valence-corrected chi connectivity index (χ2v) is 8.79. The summed E-state index contributed by atoms with van der Waals surface area (Å²) in [5.41, 5.74) is 1.40. The first-order chi connectivity index (χ1) is 16.5. The zero-order chi connectivity index (χ0) is 23.9. The number of hydrogen-bond acceptors (Lipinski definition) is 9. The van der Waals surface area contributed by atoms with Crippen molar-refractivity contribution in [2.24, 2.45) is 0 Å². The van der Waals surface area contributed by atoms with Crippen LogP contribution in [0.1, 0.15) is 49.0 Å². The molecule has 2 N–H and O–H groups in total. The van der Waals surface area contributed by atoms with E-state index in [1.165, 1.54) is 36.6 Å². The highest BCUT2D eigenvalue weighted by atomic mass is 32.1. The van der Waals surface area contributed by atoms with E-state index in [9.17, 15) is 13.6 Å². The number of anilines is 2. The fourth-order valence-corrected chi connectivity index (χ4v) is 4.71. The van der Waals surface area contributed by atoms with Crippen LogP contribution in [0.3, 0.4) is 0 Å². The molecule has 0 saturated heterocycles. The number of nitrogens with zero attached hydrogens (tertiary/aromatic N) is 4. The van der Waals surface area contributed by atoms with Crippen molar-refractivity contribution in [2.45, 2.75) is 50.4 Å². The molecule has 2 aromatic heterocycles. The Morgan fingerprint density at radius 2 is 1.88 bits per heavy atom. The number of methoxy groups -OCH3 is 1. The van der Waals surface area contributed by atoms with E-state index >= 15 is 0 Å². The third-order valence-corrected chi connectivity index (χ3v) is 6.35. The SMILES string of the molecule is CO[C@@H](C(=O)Nc1nnc(N[C@H]2CC[C@H](c3cccnn3)CC2)s1)c1cccc(OC(F)F)c1. The minimum absolute atomic E-state index is 0.0567. The standard InChI is InChI=1S/C22H24F2N6O3S/c1-32-18(14-4-2-5-16(12-14)33-20(23)24)19(31)27-22-30-29-21(34-22)26-15-9-7-13(8-10-15)17-6-3-11-25-28-17/h2-6,11-13,15,18,20H,7-10H2,1H3,(H,26,29)(H,27,30,31)/t13-,15-,18-/m1/s1. The maximum Gasteiger partial charge on any atom is 0.387 e. The highest BCUT2D eigenvalue weighted by Crippen LogP contribution is 2.34. The number of aromatic nitrogens is 4. The molecule has 1 aliphatic carbocycles. The summed E-state index contributed by atoms with van der Waals surface area (Å²) in [4.78, 5) is 12.7. The first-order valence-corrected chi connectivity index (χ1v) is 11.6. The van der Waals surface area contributed by atoms with Crippen molar-refractivity contribution in [1.82, 2.24) is 20.4 Å². The molecule has 0 unspecified atom stereocenters. The fraction of sp³-hybridized carbons (Fsp3) is 0.409. The van der Waals surface area contributed by atoms with E-state index in [0.29, 0.717) is 21.7 Å². The van der Waals surface area contributed by atoms with Crippen LogP contribution in [0.25, 0.3) is 0 Å². The van der Waals surface area contributed by atoms with Gasteiger partial charge in [-0.3, -0.25) is 10.1 Å². The van der Waals surface area contributed by atoms with Crippen LogP contribution in [0.5, 0.6) is 5.75 Å². The number of halogens is 2. The quantitative estimate of drug-likeness (QED) is 0.454. The van der Waals surface area contributed by atoms with E-state index in [4.69, 9.17) is 4.74 Å². The van der Waals surface area contributed by atoms with Gasteiger partial charge in [0.15, 0.2) is 6.10 Å². The highest BCUT2D eigenvalue weighted by molar-refractivity contribution is 7.19. The number of carbonyl (C=O) groups is 1. The summed E-state index contributed by atoms with van der Waals surface area (Å²) in [6.45, 7) is -2.96. The van der Waals surface area contributed by atoms with Gasteiger partial charge in [0.25, 0.3) is 5.91 Å². The number of ether oxygens (including phenoxy) is 2. The lowest BCUT2D eigenvalue weighted by molar-refractivity contribution is -0.126. The van der Waals surface area contributed by atoms with Gasteiger partial charge in [-0.2, -0.15) is 19.0 Å². The Labute approximate surface area is 198 Å². The van der Waals surface area contributed by atoms with Gasteiger partial charge in [0.05, 0.1) is 5.69 Å². The number of hydrogen-bond donors (Lipinski definition) is 2. The molecular weight excluding hydrogens is 466 g/mol. The third-order valence-electron chi connectivity index (χ3n) is 5.58. The topological polar surface area (TPSA) is 111 Å². The Kier molecular flexibility index (Phi) is 7.91. The molecule has 1 saturated carbocycles. The molecule has 0 aliphatic heterocycles. The molecule has 4 rings (SSSR count). The normalized spacial score (nSPS) is 18.9. The molecule has 3 aromatic rings. The summed E-state index contributed by atoms with van der Waals surface area (Å²) in [6.07, 6.45) is 4.58. The Morgan fingerprint density at radius 1 is 1.09 bits per heavy atom. The number of rotatable bonds is 9. The lowest BCUT2D eigenvalue weighted by Gasteiger charge is -2.28. The van der Waals surface area contributed by atoms with Crippen molar-refractivity contribution >= 4 is 27.5 Å². The molecule has 1 aromatic carbocycles. The number of nitrogens with one attached hydrogen (secondary N) is 2. The molecule has 1 aliphatic rings. The first kappa shape index (κ1) is 23.9. The average Bonchev–Trinajstić information content (AvgIpc) is 3.27. The van der Waals surface area contributed by atoms with Crippen LogP contribution in [0.4, 0.5) is 19.0 Å². The van der Waals surface area contributed by atoms with Gasteiger partial charge in [0, 0.05) is 25.3 Å². The maximum atomic E-state index is 12.7. The summed E-state index contributed by atoms with van der Waals surface area (Å²) in [5, 5.41) is 23.3. The van der Waals surface area contributed by atoms with E-state index in [1.807, 2.05) is 12.1 Å². The Hall–Kier alpha value is -3.25. The summed E-state index contributed by atoms with van der Waals surface area (Å²) in [5.74, 6) is -0.144. The van der Waals surface area contributed by atoms with Crippen molar-refractivity contribution in [3.8, 4) is 5.75 Å². The van der Waals surface area contributed by atoms with E-state index in [2.05, 4.69) is 35.8 Å².